The highest BCUT2D eigenvalue weighted by atomic mass is 16.6. The molecule has 2 fully saturated rings. The van der Waals surface area contributed by atoms with E-state index in [-0.39, 0.29) is 42.0 Å². The minimum atomic E-state index is -0.945. The molecule has 6 atom stereocenters. The van der Waals surface area contributed by atoms with E-state index in [2.05, 4.69) is 35.5 Å². The van der Waals surface area contributed by atoms with Crippen molar-refractivity contribution in [3.8, 4) is 11.5 Å². The number of nitrogens with zero attached hydrogens (tertiary/aromatic N) is 1. The molecule has 1 amide bonds. The van der Waals surface area contributed by atoms with Crippen molar-refractivity contribution in [3.05, 3.63) is 35.4 Å². The first-order valence-corrected chi connectivity index (χ1v) is 12.1. The van der Waals surface area contributed by atoms with Crippen LogP contribution in [0.5, 0.6) is 11.5 Å². The summed E-state index contributed by atoms with van der Waals surface area (Å²) in [6.45, 7) is 2.83. The van der Waals surface area contributed by atoms with Crippen molar-refractivity contribution in [3.63, 3.8) is 0 Å². The third-order valence-electron chi connectivity index (χ3n) is 9.31. The summed E-state index contributed by atoms with van der Waals surface area (Å²) in [5.74, 6) is 0.387. The van der Waals surface area contributed by atoms with Gasteiger partial charge in [-0.1, -0.05) is 18.2 Å². The Balaban J connectivity index is 1.50. The molecule has 0 unspecified atom stereocenters. The van der Waals surface area contributed by atoms with Crippen LogP contribution < -0.4 is 14.8 Å². The van der Waals surface area contributed by atoms with Gasteiger partial charge in [-0.3, -0.25) is 9.59 Å². The van der Waals surface area contributed by atoms with Crippen LogP contribution in [-0.2, 0) is 30.9 Å². The van der Waals surface area contributed by atoms with Gasteiger partial charge < -0.3 is 29.2 Å². The highest BCUT2D eigenvalue weighted by Crippen LogP contribution is 2.74. The van der Waals surface area contributed by atoms with E-state index < -0.39 is 17.5 Å². The van der Waals surface area contributed by atoms with Gasteiger partial charge in [0.15, 0.2) is 11.5 Å². The van der Waals surface area contributed by atoms with Gasteiger partial charge in [0, 0.05) is 24.1 Å². The predicted molar refractivity (Wildman–Crippen MR) is 123 cm³/mol. The maximum absolute atomic E-state index is 13.6. The number of esters is 1. The van der Waals surface area contributed by atoms with E-state index in [0.717, 1.165) is 30.9 Å². The van der Waals surface area contributed by atoms with E-state index in [4.69, 9.17) is 18.9 Å². The summed E-state index contributed by atoms with van der Waals surface area (Å²) in [5, 5.41) is 2.81. The molecule has 2 heterocycles. The zero-order valence-corrected chi connectivity index (χ0v) is 20.2. The number of carbonyl (C=O) groups is 2. The standard InChI is InChI=1S/C26H32N2O6/c1-5-33-19(29)14-27-22(30)16-13-24-8-9-26(16,32-4)23-25(24)10-11-28(2)18(24)12-15-6-7-17(31-3)21(34-23)20(15)25/h6-9,16,18,23H,5,10-14H2,1-4H3,(H,27,30)/t16-,18+,23-,24+,25-,26+/m0/s1. The van der Waals surface area contributed by atoms with Gasteiger partial charge in [0.1, 0.15) is 18.2 Å². The largest absolute Gasteiger partial charge is 0.493 e. The second-order valence-corrected chi connectivity index (χ2v) is 10.3. The van der Waals surface area contributed by atoms with Gasteiger partial charge in [-0.25, -0.2) is 0 Å². The topological polar surface area (TPSA) is 86.3 Å². The molecule has 1 N–H and O–H groups in total. The fourth-order valence-electron chi connectivity index (χ4n) is 8.00. The lowest BCUT2D eigenvalue weighted by Crippen LogP contribution is -2.80. The van der Waals surface area contributed by atoms with Crippen molar-refractivity contribution < 1.29 is 28.5 Å². The number of benzene rings is 1. The number of methoxy groups -OCH3 is 2. The molecular weight excluding hydrogens is 436 g/mol. The molecule has 1 aromatic carbocycles. The second-order valence-electron chi connectivity index (χ2n) is 10.3. The SMILES string of the molecule is CCOC(=O)CNC(=O)[C@@H]1C[C@@]23C=C[C@]1(OC)[C@H]1Oc4c(OC)ccc5c4[C@@]12CCN(C)[C@@H]3C5. The molecule has 1 saturated heterocycles. The van der Waals surface area contributed by atoms with Crippen LogP contribution in [0.1, 0.15) is 30.9 Å². The molecule has 8 nitrogen and oxygen atoms in total. The number of rotatable bonds is 6. The molecule has 1 saturated carbocycles. The molecule has 2 aliphatic heterocycles. The zero-order valence-electron chi connectivity index (χ0n) is 20.2. The fourth-order valence-corrected chi connectivity index (χ4v) is 8.00. The maximum atomic E-state index is 13.6. The minimum absolute atomic E-state index is 0.155. The summed E-state index contributed by atoms with van der Waals surface area (Å²) in [7, 11) is 5.51. The third kappa shape index (κ3) is 2.36. The Bertz CT molecular complexity index is 1100. The average Bonchev–Trinajstić information content (AvgIpc) is 3.22. The Morgan fingerprint density at radius 2 is 2.09 bits per heavy atom. The molecule has 4 bridgehead atoms. The summed E-state index contributed by atoms with van der Waals surface area (Å²) in [4.78, 5) is 28.0. The fraction of sp³-hybridized carbons (Fsp3) is 0.615. The monoisotopic (exact) mass is 468 g/mol. The third-order valence-corrected chi connectivity index (χ3v) is 9.31. The van der Waals surface area contributed by atoms with Crippen LogP contribution >= 0.6 is 0 Å². The molecule has 0 aromatic heterocycles. The summed E-state index contributed by atoms with van der Waals surface area (Å²) in [5.41, 5.74) is 1.04. The number of nitrogens with one attached hydrogen (secondary N) is 1. The molecule has 1 aromatic rings. The highest BCUT2D eigenvalue weighted by molar-refractivity contribution is 5.86. The van der Waals surface area contributed by atoms with Gasteiger partial charge in [-0.05, 0) is 51.4 Å². The first-order valence-electron chi connectivity index (χ1n) is 12.1. The molecule has 0 radical (unpaired) electrons. The van der Waals surface area contributed by atoms with Crippen molar-refractivity contribution in [2.24, 2.45) is 11.3 Å². The van der Waals surface area contributed by atoms with Crippen molar-refractivity contribution in [1.29, 1.82) is 0 Å². The first kappa shape index (κ1) is 21.9. The molecular formula is C26H32N2O6. The van der Waals surface area contributed by atoms with Crippen molar-refractivity contribution >= 4 is 11.9 Å². The minimum Gasteiger partial charge on any atom is -0.493 e. The lowest BCUT2D eigenvalue weighted by atomic mass is 9.37. The Morgan fingerprint density at radius 1 is 1.26 bits per heavy atom. The lowest BCUT2D eigenvalue weighted by Gasteiger charge is -2.70. The van der Waals surface area contributed by atoms with Gasteiger partial charge >= 0.3 is 5.97 Å². The first-order chi connectivity index (χ1) is 16.4. The van der Waals surface area contributed by atoms with Crippen LogP contribution in [-0.4, -0.2) is 75.5 Å². The number of ether oxygens (including phenoxy) is 4. The van der Waals surface area contributed by atoms with E-state index in [1.807, 2.05) is 6.07 Å². The quantitative estimate of drug-likeness (QED) is 0.501. The molecule has 182 valence electrons. The van der Waals surface area contributed by atoms with E-state index in [0.29, 0.717) is 6.42 Å². The van der Waals surface area contributed by atoms with E-state index in [1.165, 1.54) is 11.1 Å². The van der Waals surface area contributed by atoms with Crippen LogP contribution in [0.2, 0.25) is 0 Å². The summed E-state index contributed by atoms with van der Waals surface area (Å²) in [6, 6.07) is 4.42. The number of fused-ring (bicyclic) bond motifs is 1. The normalized spacial score (nSPS) is 38.2. The van der Waals surface area contributed by atoms with Gasteiger partial charge in [0.25, 0.3) is 0 Å². The molecule has 2 spiro atoms. The Labute approximate surface area is 199 Å². The predicted octanol–water partition coefficient (Wildman–Crippen LogP) is 1.59. The van der Waals surface area contributed by atoms with Crippen molar-refractivity contribution in [2.45, 2.75) is 49.3 Å². The Morgan fingerprint density at radius 3 is 2.82 bits per heavy atom. The van der Waals surface area contributed by atoms with Gasteiger partial charge in [-0.15, -0.1) is 0 Å². The van der Waals surface area contributed by atoms with Gasteiger partial charge in [0.05, 0.1) is 25.0 Å². The number of hydrogen-bond donors (Lipinski definition) is 1. The zero-order chi connectivity index (χ0) is 23.9. The Hall–Kier alpha value is -2.58. The summed E-state index contributed by atoms with van der Waals surface area (Å²) in [6.07, 6.45) is 6.49. The summed E-state index contributed by atoms with van der Waals surface area (Å²) < 4.78 is 23.8. The van der Waals surface area contributed by atoms with Crippen LogP contribution in [0.3, 0.4) is 0 Å². The van der Waals surface area contributed by atoms with Crippen LogP contribution in [0, 0.1) is 11.3 Å². The molecule has 4 aliphatic carbocycles. The molecule has 6 aliphatic rings. The number of hydrogen-bond acceptors (Lipinski definition) is 7. The van der Waals surface area contributed by atoms with Crippen LogP contribution in [0.25, 0.3) is 0 Å². The smallest absolute Gasteiger partial charge is 0.325 e. The van der Waals surface area contributed by atoms with E-state index in [9.17, 15) is 9.59 Å². The average molecular weight is 469 g/mol. The second kappa shape index (κ2) is 7.21. The van der Waals surface area contributed by atoms with Crippen molar-refractivity contribution in [1.82, 2.24) is 10.2 Å². The van der Waals surface area contributed by atoms with E-state index >= 15 is 0 Å². The number of likely N-dealkylation sites (tertiary alicyclic amines) is 1. The summed E-state index contributed by atoms with van der Waals surface area (Å²) >= 11 is 0. The number of piperidine rings is 1. The van der Waals surface area contributed by atoms with Crippen molar-refractivity contribution in [2.75, 3.05) is 41.0 Å². The number of likely N-dealkylation sites (N-methyl/N-ethyl adjacent to an activating group) is 1. The maximum Gasteiger partial charge on any atom is 0.325 e. The Kier molecular flexibility index (Phi) is 4.65. The number of carbonyl (C=O) groups excluding carboxylic acids is 2. The van der Waals surface area contributed by atoms with Gasteiger partial charge in [-0.2, -0.15) is 0 Å². The lowest BCUT2D eigenvalue weighted by molar-refractivity contribution is -0.213. The number of amides is 1. The molecule has 8 heteroatoms. The van der Waals surface area contributed by atoms with Crippen LogP contribution in [0.15, 0.2) is 24.3 Å². The van der Waals surface area contributed by atoms with Crippen LogP contribution in [0.4, 0.5) is 0 Å². The molecule has 34 heavy (non-hydrogen) atoms. The highest BCUT2D eigenvalue weighted by Gasteiger charge is 2.79. The van der Waals surface area contributed by atoms with E-state index in [1.54, 1.807) is 21.1 Å². The molecule has 7 rings (SSSR count). The van der Waals surface area contributed by atoms with Gasteiger partial charge in [0.2, 0.25) is 5.91 Å².